The van der Waals surface area contributed by atoms with Crippen LogP contribution in [0.25, 0.3) is 0 Å². The molecule has 0 saturated heterocycles. The topological polar surface area (TPSA) is 51.8 Å². The number of rotatable bonds is 2. The summed E-state index contributed by atoms with van der Waals surface area (Å²) < 4.78 is 0. The molecular weight excluding hydrogens is 158 g/mol. The molecule has 2 rings (SSSR count). The molecule has 1 aliphatic carbocycles. The van der Waals surface area contributed by atoms with Crippen molar-refractivity contribution in [2.45, 2.75) is 31.7 Å². The molecule has 60 valence electrons. The van der Waals surface area contributed by atoms with Gasteiger partial charge in [0.1, 0.15) is 10.0 Å². The lowest BCUT2D eigenvalue weighted by atomic mass is 10.2. The maximum Gasteiger partial charge on any atom is 0.131 e. The van der Waals surface area contributed by atoms with Crippen LogP contribution in [0.2, 0.25) is 0 Å². The van der Waals surface area contributed by atoms with Gasteiger partial charge in [-0.2, -0.15) is 0 Å². The number of hydrogen-bond donors (Lipinski definition) is 1. The summed E-state index contributed by atoms with van der Waals surface area (Å²) in [5.74, 6) is 0. The summed E-state index contributed by atoms with van der Waals surface area (Å²) in [5.41, 5.74) is 5.79. The van der Waals surface area contributed by atoms with Crippen molar-refractivity contribution < 1.29 is 0 Å². The molecule has 0 aromatic carbocycles. The van der Waals surface area contributed by atoms with E-state index in [2.05, 4.69) is 17.1 Å². The van der Waals surface area contributed by atoms with Crippen LogP contribution in [-0.4, -0.2) is 10.2 Å². The van der Waals surface area contributed by atoms with Crippen LogP contribution in [0.3, 0.4) is 0 Å². The summed E-state index contributed by atoms with van der Waals surface area (Å²) in [6.07, 6.45) is 2.51. The number of nitrogens with zero attached hydrogens (tertiary/aromatic N) is 2. The van der Waals surface area contributed by atoms with Gasteiger partial charge in [-0.05, 0) is 12.8 Å². The van der Waals surface area contributed by atoms with Crippen LogP contribution in [0.5, 0.6) is 0 Å². The average molecular weight is 169 g/mol. The lowest BCUT2D eigenvalue weighted by molar-refractivity contribution is 0.753. The molecule has 0 unspecified atom stereocenters. The van der Waals surface area contributed by atoms with Gasteiger partial charge in [-0.1, -0.05) is 18.3 Å². The van der Waals surface area contributed by atoms with E-state index in [1.807, 2.05) is 0 Å². The first-order valence-corrected chi connectivity index (χ1v) is 4.59. The highest BCUT2D eigenvalue weighted by Crippen LogP contribution is 2.48. The predicted molar refractivity (Wildman–Crippen MR) is 44.4 cm³/mol. The lowest BCUT2D eigenvalue weighted by Crippen LogP contribution is -1.97. The van der Waals surface area contributed by atoms with Crippen molar-refractivity contribution in [1.29, 1.82) is 0 Å². The molecule has 2 N–H and O–H groups in total. The van der Waals surface area contributed by atoms with Crippen LogP contribution in [0.15, 0.2) is 0 Å². The van der Waals surface area contributed by atoms with E-state index >= 15 is 0 Å². The van der Waals surface area contributed by atoms with Crippen LogP contribution in [0.1, 0.15) is 29.8 Å². The fourth-order valence-corrected chi connectivity index (χ4v) is 1.90. The third-order valence-electron chi connectivity index (χ3n) is 2.16. The Balaban J connectivity index is 2.25. The molecule has 0 bridgehead atoms. The standard InChI is InChI=1S/C7H11N3S/c1-7(2-3-7)6-10-9-5(4-8)11-6/h2-4,8H2,1H3. The van der Waals surface area contributed by atoms with E-state index in [4.69, 9.17) is 5.73 Å². The van der Waals surface area contributed by atoms with Crippen LogP contribution in [0, 0.1) is 0 Å². The Hall–Kier alpha value is -0.480. The summed E-state index contributed by atoms with van der Waals surface area (Å²) in [6, 6.07) is 0. The second-order valence-corrected chi connectivity index (χ2v) is 4.33. The summed E-state index contributed by atoms with van der Waals surface area (Å²) in [5, 5.41) is 10.2. The van der Waals surface area contributed by atoms with Crippen molar-refractivity contribution in [3.63, 3.8) is 0 Å². The molecule has 1 heterocycles. The highest BCUT2D eigenvalue weighted by Gasteiger charge is 2.42. The molecule has 0 radical (unpaired) electrons. The van der Waals surface area contributed by atoms with E-state index in [0.29, 0.717) is 12.0 Å². The zero-order valence-corrected chi connectivity index (χ0v) is 7.32. The summed E-state index contributed by atoms with van der Waals surface area (Å²) in [4.78, 5) is 0. The van der Waals surface area contributed by atoms with Gasteiger partial charge in [0, 0.05) is 12.0 Å². The van der Waals surface area contributed by atoms with Gasteiger partial charge >= 0.3 is 0 Å². The average Bonchev–Trinajstić information content (AvgIpc) is 2.61. The van der Waals surface area contributed by atoms with Crippen LogP contribution in [-0.2, 0) is 12.0 Å². The summed E-state index contributed by atoms with van der Waals surface area (Å²) in [7, 11) is 0. The monoisotopic (exact) mass is 169 g/mol. The Morgan fingerprint density at radius 2 is 2.27 bits per heavy atom. The van der Waals surface area contributed by atoms with Crippen molar-refractivity contribution in [3.05, 3.63) is 10.0 Å². The minimum atomic E-state index is 0.352. The Kier molecular flexibility index (Phi) is 1.47. The van der Waals surface area contributed by atoms with Gasteiger partial charge in [-0.25, -0.2) is 0 Å². The van der Waals surface area contributed by atoms with E-state index in [0.717, 1.165) is 10.0 Å². The molecule has 0 aliphatic heterocycles. The smallest absolute Gasteiger partial charge is 0.131 e. The quantitative estimate of drug-likeness (QED) is 0.720. The maximum atomic E-state index is 5.43. The largest absolute Gasteiger partial charge is 0.324 e. The molecule has 1 fully saturated rings. The third-order valence-corrected chi connectivity index (χ3v) is 3.41. The van der Waals surface area contributed by atoms with Gasteiger partial charge in [-0.15, -0.1) is 10.2 Å². The SMILES string of the molecule is CC1(c2nnc(CN)s2)CC1. The number of aromatic nitrogens is 2. The first kappa shape index (κ1) is 7.18. The van der Waals surface area contributed by atoms with Crippen molar-refractivity contribution in [3.8, 4) is 0 Å². The molecule has 3 nitrogen and oxygen atoms in total. The van der Waals surface area contributed by atoms with E-state index in [1.165, 1.54) is 12.8 Å². The zero-order chi connectivity index (χ0) is 7.90. The van der Waals surface area contributed by atoms with Gasteiger partial charge in [-0.3, -0.25) is 0 Å². The lowest BCUT2D eigenvalue weighted by Gasteiger charge is -1.98. The van der Waals surface area contributed by atoms with Crippen molar-refractivity contribution in [2.75, 3.05) is 0 Å². The third kappa shape index (κ3) is 1.16. The zero-order valence-electron chi connectivity index (χ0n) is 6.50. The van der Waals surface area contributed by atoms with Crippen molar-refractivity contribution >= 4 is 11.3 Å². The van der Waals surface area contributed by atoms with E-state index in [1.54, 1.807) is 11.3 Å². The maximum absolute atomic E-state index is 5.43. The van der Waals surface area contributed by atoms with Crippen molar-refractivity contribution in [1.82, 2.24) is 10.2 Å². The molecule has 1 aliphatic rings. The fourth-order valence-electron chi connectivity index (χ4n) is 0.981. The highest BCUT2D eigenvalue weighted by atomic mass is 32.1. The summed E-state index contributed by atoms with van der Waals surface area (Å²) >= 11 is 1.66. The molecular formula is C7H11N3S. The first-order valence-electron chi connectivity index (χ1n) is 3.77. The highest BCUT2D eigenvalue weighted by molar-refractivity contribution is 7.11. The summed E-state index contributed by atoms with van der Waals surface area (Å²) in [6.45, 7) is 2.75. The first-order chi connectivity index (χ1) is 5.24. The Morgan fingerprint density at radius 3 is 2.73 bits per heavy atom. The molecule has 0 spiro atoms. The molecule has 1 aromatic rings. The number of nitrogens with two attached hydrogens (primary N) is 1. The van der Waals surface area contributed by atoms with Gasteiger partial charge in [0.25, 0.3) is 0 Å². The predicted octanol–water partition coefficient (Wildman–Crippen LogP) is 1.05. The molecule has 0 atom stereocenters. The van der Waals surface area contributed by atoms with Crippen LogP contribution >= 0.6 is 11.3 Å². The number of hydrogen-bond acceptors (Lipinski definition) is 4. The van der Waals surface area contributed by atoms with E-state index < -0.39 is 0 Å². The van der Waals surface area contributed by atoms with Crippen LogP contribution in [0.4, 0.5) is 0 Å². The van der Waals surface area contributed by atoms with Gasteiger partial charge in [0.2, 0.25) is 0 Å². The van der Waals surface area contributed by atoms with Crippen molar-refractivity contribution in [2.24, 2.45) is 5.73 Å². The van der Waals surface area contributed by atoms with E-state index in [9.17, 15) is 0 Å². The molecule has 1 saturated carbocycles. The van der Waals surface area contributed by atoms with E-state index in [-0.39, 0.29) is 0 Å². The molecule has 11 heavy (non-hydrogen) atoms. The Bertz CT molecular complexity index is 264. The minimum absolute atomic E-state index is 0.352. The van der Waals surface area contributed by atoms with Crippen LogP contribution < -0.4 is 5.73 Å². The van der Waals surface area contributed by atoms with Gasteiger partial charge < -0.3 is 5.73 Å². The Morgan fingerprint density at radius 1 is 1.55 bits per heavy atom. The fraction of sp³-hybridized carbons (Fsp3) is 0.714. The second kappa shape index (κ2) is 2.25. The van der Waals surface area contributed by atoms with Gasteiger partial charge in [0.05, 0.1) is 0 Å². The molecule has 1 aromatic heterocycles. The van der Waals surface area contributed by atoms with Gasteiger partial charge in [0.15, 0.2) is 0 Å². The normalized spacial score (nSPS) is 20.2. The molecule has 4 heteroatoms. The molecule has 0 amide bonds. The Labute approximate surface area is 69.6 Å². The second-order valence-electron chi connectivity index (χ2n) is 3.27. The minimum Gasteiger partial charge on any atom is -0.324 e.